The minimum absolute atomic E-state index is 0.0783. The maximum Gasteiger partial charge on any atom is 0.410 e. The predicted molar refractivity (Wildman–Crippen MR) is 51.7 cm³/mol. The van der Waals surface area contributed by atoms with Gasteiger partial charge in [0.05, 0.1) is 5.41 Å². The fourth-order valence-electron chi connectivity index (χ4n) is 2.24. The molecule has 0 radical (unpaired) electrons. The molecule has 0 unspecified atom stereocenters. The van der Waals surface area contributed by atoms with Gasteiger partial charge in [-0.1, -0.05) is 12.7 Å². The van der Waals surface area contributed by atoms with Gasteiger partial charge in [-0.25, -0.2) is 18.4 Å². The molecule has 1 amide bonds. The summed E-state index contributed by atoms with van der Waals surface area (Å²) in [7, 11) is 0. The van der Waals surface area contributed by atoms with E-state index in [9.17, 15) is 18.4 Å². The van der Waals surface area contributed by atoms with Crippen molar-refractivity contribution in [2.45, 2.75) is 18.4 Å². The molecule has 2 atom stereocenters. The van der Waals surface area contributed by atoms with Crippen LogP contribution in [0.25, 0.3) is 0 Å². The Labute approximate surface area is 95.6 Å². The first-order valence-corrected chi connectivity index (χ1v) is 5.01. The number of halogens is 2. The van der Waals surface area contributed by atoms with E-state index >= 15 is 0 Å². The third kappa shape index (κ3) is 1.49. The maximum absolute atomic E-state index is 13.1. The van der Waals surface area contributed by atoms with Crippen LogP contribution in [-0.4, -0.2) is 47.2 Å². The summed E-state index contributed by atoms with van der Waals surface area (Å²) in [6, 6.07) is -1.49. The van der Waals surface area contributed by atoms with E-state index in [4.69, 9.17) is 5.11 Å². The molecule has 2 aliphatic rings. The Morgan fingerprint density at radius 2 is 2.18 bits per heavy atom. The van der Waals surface area contributed by atoms with Gasteiger partial charge in [0.2, 0.25) is 0 Å². The van der Waals surface area contributed by atoms with Gasteiger partial charge in [-0.3, -0.25) is 4.90 Å². The summed E-state index contributed by atoms with van der Waals surface area (Å²) < 4.78 is 30.8. The number of carbonyl (C=O) groups excluding carboxylic acids is 1. The molecule has 2 rings (SSSR count). The van der Waals surface area contributed by atoms with Crippen molar-refractivity contribution in [3.05, 3.63) is 12.7 Å². The third-order valence-corrected chi connectivity index (χ3v) is 3.22. The van der Waals surface area contributed by atoms with Gasteiger partial charge in [0.1, 0.15) is 12.6 Å². The molecule has 0 aromatic carbocycles. The van der Waals surface area contributed by atoms with Crippen LogP contribution < -0.4 is 0 Å². The topological polar surface area (TPSA) is 66.8 Å². The van der Waals surface area contributed by atoms with Crippen LogP contribution in [0.15, 0.2) is 12.7 Å². The molecule has 17 heavy (non-hydrogen) atoms. The molecule has 1 saturated carbocycles. The Bertz CT molecular complexity index is 398. The molecule has 1 heterocycles. The molecule has 0 aromatic heterocycles. The van der Waals surface area contributed by atoms with Crippen LogP contribution in [0.5, 0.6) is 0 Å². The smallest absolute Gasteiger partial charge is 0.410 e. The van der Waals surface area contributed by atoms with E-state index in [0.29, 0.717) is 0 Å². The number of nitrogens with zero attached hydrogens (tertiary/aromatic N) is 1. The van der Waals surface area contributed by atoms with Crippen molar-refractivity contribution in [2.24, 2.45) is 5.41 Å². The molecule has 0 bridgehead atoms. The number of carboxylic acid groups (broad SMARTS) is 1. The van der Waals surface area contributed by atoms with Crippen LogP contribution in [0.2, 0.25) is 0 Å². The minimum Gasteiger partial charge on any atom is -0.480 e. The van der Waals surface area contributed by atoms with Gasteiger partial charge in [0, 0.05) is 13.0 Å². The number of carbonyl (C=O) groups is 2. The fourth-order valence-corrected chi connectivity index (χ4v) is 2.24. The standard InChI is InChI=1S/C10H11F2NO4/c1-2-3-17-8(16)13-5-9(4-10(9,11)12)6(13)7(14)15/h2,6H,1,3-5H2,(H,14,15)/t6-,9+/m1/s1. The number of alkyl halides is 2. The molecule has 7 heteroatoms. The summed E-state index contributed by atoms with van der Waals surface area (Å²) >= 11 is 0. The average Bonchev–Trinajstić information content (AvgIpc) is 2.76. The molecule has 1 N–H and O–H groups in total. The number of aliphatic carboxylic acids is 1. The zero-order valence-electron chi connectivity index (χ0n) is 8.86. The van der Waals surface area contributed by atoms with Crippen molar-refractivity contribution >= 4 is 12.1 Å². The Balaban J connectivity index is 2.06. The highest BCUT2D eigenvalue weighted by molar-refractivity contribution is 5.84. The van der Waals surface area contributed by atoms with Gasteiger partial charge in [0.15, 0.2) is 0 Å². The molecule has 1 spiro atoms. The number of rotatable bonds is 3. The van der Waals surface area contributed by atoms with E-state index in [1.807, 2.05) is 0 Å². The lowest BCUT2D eigenvalue weighted by Gasteiger charge is -2.45. The Morgan fingerprint density at radius 3 is 2.59 bits per heavy atom. The van der Waals surface area contributed by atoms with Gasteiger partial charge < -0.3 is 9.84 Å². The first-order valence-electron chi connectivity index (χ1n) is 5.01. The van der Waals surface area contributed by atoms with Crippen LogP contribution >= 0.6 is 0 Å². The lowest BCUT2D eigenvalue weighted by Crippen LogP contribution is -2.65. The SMILES string of the molecule is C=CCOC(=O)N1C[C@@]2(CC2(F)F)[C@H]1C(=O)O. The molecule has 2 fully saturated rings. The molecular formula is C10H11F2NO4. The summed E-state index contributed by atoms with van der Waals surface area (Å²) in [4.78, 5) is 23.1. The lowest BCUT2D eigenvalue weighted by atomic mass is 9.84. The van der Waals surface area contributed by atoms with Gasteiger partial charge in [-0.2, -0.15) is 0 Å². The zero-order valence-corrected chi connectivity index (χ0v) is 8.86. The van der Waals surface area contributed by atoms with E-state index < -0.39 is 35.9 Å². The summed E-state index contributed by atoms with van der Waals surface area (Å²) in [5, 5.41) is 8.88. The van der Waals surface area contributed by atoms with Crippen molar-refractivity contribution in [1.29, 1.82) is 0 Å². The van der Waals surface area contributed by atoms with Crippen molar-refractivity contribution in [2.75, 3.05) is 13.2 Å². The van der Waals surface area contributed by atoms with Gasteiger partial charge in [-0.05, 0) is 0 Å². The molecular weight excluding hydrogens is 236 g/mol. The van der Waals surface area contributed by atoms with Crippen molar-refractivity contribution in [1.82, 2.24) is 4.90 Å². The van der Waals surface area contributed by atoms with Gasteiger partial charge >= 0.3 is 12.1 Å². The molecule has 0 aromatic rings. The van der Waals surface area contributed by atoms with E-state index in [1.54, 1.807) is 0 Å². The van der Waals surface area contributed by atoms with Gasteiger partial charge in [-0.15, -0.1) is 0 Å². The maximum atomic E-state index is 13.1. The summed E-state index contributed by atoms with van der Waals surface area (Å²) in [5.74, 6) is -4.42. The third-order valence-electron chi connectivity index (χ3n) is 3.22. The summed E-state index contributed by atoms with van der Waals surface area (Å²) in [6.07, 6.45) is -0.0671. The number of amides is 1. The first kappa shape index (κ1) is 11.8. The second-order valence-electron chi connectivity index (χ2n) is 4.27. The average molecular weight is 247 g/mol. The number of carboxylic acids is 1. The minimum atomic E-state index is -2.99. The highest BCUT2D eigenvalue weighted by Gasteiger charge is 2.83. The molecule has 1 aliphatic heterocycles. The Hall–Kier alpha value is -1.66. The van der Waals surface area contributed by atoms with E-state index in [-0.39, 0.29) is 13.2 Å². The van der Waals surface area contributed by atoms with Crippen LogP contribution in [0.1, 0.15) is 6.42 Å². The van der Waals surface area contributed by atoms with Crippen LogP contribution in [0, 0.1) is 5.41 Å². The number of hydrogen-bond acceptors (Lipinski definition) is 3. The van der Waals surface area contributed by atoms with Gasteiger partial charge in [0.25, 0.3) is 5.92 Å². The zero-order chi connectivity index (χ0) is 12.8. The summed E-state index contributed by atoms with van der Waals surface area (Å²) in [6.45, 7) is 2.97. The number of ether oxygens (including phenoxy) is 1. The predicted octanol–water partition coefficient (Wildman–Crippen LogP) is 1.10. The van der Waals surface area contributed by atoms with Crippen molar-refractivity contribution < 1.29 is 28.2 Å². The Kier molecular flexibility index (Phi) is 2.37. The first-order chi connectivity index (χ1) is 7.85. The largest absolute Gasteiger partial charge is 0.480 e. The summed E-state index contributed by atoms with van der Waals surface area (Å²) in [5.41, 5.74) is -1.58. The van der Waals surface area contributed by atoms with Crippen molar-refractivity contribution in [3.63, 3.8) is 0 Å². The second-order valence-corrected chi connectivity index (χ2v) is 4.27. The Morgan fingerprint density at radius 1 is 1.59 bits per heavy atom. The quantitative estimate of drug-likeness (QED) is 0.758. The number of hydrogen-bond donors (Lipinski definition) is 1. The normalized spacial score (nSPS) is 32.8. The molecule has 1 saturated heterocycles. The van der Waals surface area contributed by atoms with Crippen molar-refractivity contribution in [3.8, 4) is 0 Å². The molecule has 94 valence electrons. The highest BCUT2D eigenvalue weighted by atomic mass is 19.3. The number of likely N-dealkylation sites (tertiary alicyclic amines) is 1. The fraction of sp³-hybridized carbons (Fsp3) is 0.600. The molecule has 1 aliphatic carbocycles. The second kappa shape index (κ2) is 3.41. The van der Waals surface area contributed by atoms with Crippen LogP contribution in [0.3, 0.4) is 0 Å². The highest BCUT2D eigenvalue weighted by Crippen LogP contribution is 2.68. The lowest BCUT2D eigenvalue weighted by molar-refractivity contribution is -0.159. The van der Waals surface area contributed by atoms with E-state index in [0.717, 1.165) is 4.90 Å². The molecule has 5 nitrogen and oxygen atoms in total. The van der Waals surface area contributed by atoms with E-state index in [1.165, 1.54) is 6.08 Å². The van der Waals surface area contributed by atoms with Crippen LogP contribution in [0.4, 0.5) is 13.6 Å². The van der Waals surface area contributed by atoms with Crippen LogP contribution in [-0.2, 0) is 9.53 Å². The monoisotopic (exact) mass is 247 g/mol. The van der Waals surface area contributed by atoms with E-state index in [2.05, 4.69) is 11.3 Å².